The molecule has 0 fully saturated rings. The molecule has 0 saturated heterocycles. The van der Waals surface area contributed by atoms with Gasteiger partial charge in [-0.25, -0.2) is 4.98 Å². The topological polar surface area (TPSA) is 46.9 Å². The van der Waals surface area contributed by atoms with Crippen molar-refractivity contribution >= 4 is 16.9 Å². The van der Waals surface area contributed by atoms with Crippen LogP contribution in [0, 0.1) is 0 Å². The van der Waals surface area contributed by atoms with Crippen LogP contribution in [0.3, 0.4) is 0 Å². The average Bonchev–Trinajstić information content (AvgIpc) is 2.64. The van der Waals surface area contributed by atoms with E-state index in [-0.39, 0.29) is 5.91 Å². The van der Waals surface area contributed by atoms with Gasteiger partial charge in [0.2, 0.25) is 5.91 Å². The van der Waals surface area contributed by atoms with Crippen molar-refractivity contribution < 1.29 is 4.79 Å². The Hall–Kier alpha value is -1.84. The third-order valence-electron chi connectivity index (χ3n) is 3.04. The predicted molar refractivity (Wildman–Crippen MR) is 72.3 cm³/mol. The van der Waals surface area contributed by atoms with Crippen molar-refractivity contribution in [2.45, 2.75) is 33.2 Å². The van der Waals surface area contributed by atoms with Crippen molar-refractivity contribution in [3.63, 3.8) is 0 Å². The number of amides is 1. The lowest BCUT2D eigenvalue weighted by atomic mass is 10.2. The average molecular weight is 245 g/mol. The molecule has 1 heterocycles. The van der Waals surface area contributed by atoms with Gasteiger partial charge in [-0.1, -0.05) is 19.9 Å². The lowest BCUT2D eigenvalue weighted by molar-refractivity contribution is -0.119. The van der Waals surface area contributed by atoms with Gasteiger partial charge in [-0.3, -0.25) is 4.79 Å². The van der Waals surface area contributed by atoms with Crippen LogP contribution in [0.25, 0.3) is 11.0 Å². The number of rotatable bonds is 3. The molecule has 2 aromatic rings. The van der Waals surface area contributed by atoms with E-state index in [1.807, 2.05) is 19.2 Å². The molecule has 1 aromatic heterocycles. The first-order valence-corrected chi connectivity index (χ1v) is 6.18. The fourth-order valence-electron chi connectivity index (χ4n) is 2.12. The van der Waals surface area contributed by atoms with Crippen LogP contribution in [0.2, 0.25) is 0 Å². The smallest absolute Gasteiger partial charge is 0.217 e. The predicted octanol–water partition coefficient (Wildman–Crippen LogP) is 2.33. The summed E-state index contributed by atoms with van der Waals surface area (Å²) >= 11 is 0. The van der Waals surface area contributed by atoms with E-state index >= 15 is 0 Å². The molecular weight excluding hydrogens is 226 g/mol. The van der Waals surface area contributed by atoms with Crippen LogP contribution in [0.1, 0.15) is 38.1 Å². The second kappa shape index (κ2) is 4.80. The van der Waals surface area contributed by atoms with Gasteiger partial charge in [-0.05, 0) is 17.7 Å². The van der Waals surface area contributed by atoms with Crippen LogP contribution in [0.4, 0.5) is 0 Å². The molecule has 0 aliphatic carbocycles. The second-order valence-electron chi connectivity index (χ2n) is 4.92. The molecule has 18 heavy (non-hydrogen) atoms. The summed E-state index contributed by atoms with van der Waals surface area (Å²) in [7, 11) is 2.04. The summed E-state index contributed by atoms with van der Waals surface area (Å²) in [5.41, 5.74) is 3.19. The van der Waals surface area contributed by atoms with E-state index in [4.69, 9.17) is 0 Å². The monoisotopic (exact) mass is 245 g/mol. The molecule has 0 saturated carbocycles. The summed E-state index contributed by atoms with van der Waals surface area (Å²) in [5, 5.41) is 2.80. The lowest BCUT2D eigenvalue weighted by Crippen LogP contribution is -2.18. The highest BCUT2D eigenvalue weighted by Crippen LogP contribution is 2.21. The third kappa shape index (κ3) is 2.37. The van der Waals surface area contributed by atoms with Crippen molar-refractivity contribution in [3.8, 4) is 0 Å². The molecule has 2 rings (SSSR count). The number of aryl methyl sites for hydroxylation is 1. The van der Waals surface area contributed by atoms with E-state index in [0.717, 1.165) is 22.4 Å². The SMILES string of the molecule is CC(=O)NCc1ccc2c(c1)nc(C(C)C)n2C. The van der Waals surface area contributed by atoms with Crippen molar-refractivity contribution in [2.24, 2.45) is 7.05 Å². The first-order chi connectivity index (χ1) is 8.49. The first kappa shape index (κ1) is 12.6. The summed E-state index contributed by atoms with van der Waals surface area (Å²) in [6, 6.07) is 6.13. The number of aromatic nitrogens is 2. The Morgan fingerprint density at radius 1 is 1.44 bits per heavy atom. The number of nitrogens with zero attached hydrogens (tertiary/aromatic N) is 2. The van der Waals surface area contributed by atoms with Gasteiger partial charge in [0.15, 0.2) is 0 Å². The Morgan fingerprint density at radius 2 is 2.17 bits per heavy atom. The van der Waals surface area contributed by atoms with E-state index in [1.165, 1.54) is 6.92 Å². The number of carbonyl (C=O) groups is 1. The van der Waals surface area contributed by atoms with Gasteiger partial charge in [0, 0.05) is 26.4 Å². The fourth-order valence-corrected chi connectivity index (χ4v) is 2.12. The number of hydrogen-bond acceptors (Lipinski definition) is 2. The molecule has 0 radical (unpaired) electrons. The van der Waals surface area contributed by atoms with E-state index in [2.05, 4.69) is 34.8 Å². The molecule has 0 bridgehead atoms. The number of fused-ring (bicyclic) bond motifs is 1. The molecule has 1 amide bonds. The van der Waals surface area contributed by atoms with Crippen molar-refractivity contribution in [2.75, 3.05) is 0 Å². The van der Waals surface area contributed by atoms with Gasteiger partial charge in [0.05, 0.1) is 11.0 Å². The Morgan fingerprint density at radius 3 is 2.78 bits per heavy atom. The Bertz CT molecular complexity index is 584. The lowest BCUT2D eigenvalue weighted by Gasteiger charge is -2.04. The molecular formula is C14H19N3O. The van der Waals surface area contributed by atoms with Crippen molar-refractivity contribution in [3.05, 3.63) is 29.6 Å². The number of imidazole rings is 1. The molecule has 0 atom stereocenters. The van der Waals surface area contributed by atoms with E-state index in [9.17, 15) is 4.79 Å². The molecule has 96 valence electrons. The van der Waals surface area contributed by atoms with Crippen LogP contribution in [0.5, 0.6) is 0 Å². The Kier molecular flexibility index (Phi) is 3.36. The minimum atomic E-state index is -0.0148. The molecule has 0 aliphatic rings. The summed E-state index contributed by atoms with van der Waals surface area (Å²) < 4.78 is 2.13. The molecule has 4 nitrogen and oxygen atoms in total. The summed E-state index contributed by atoms with van der Waals surface area (Å²) in [4.78, 5) is 15.5. The molecule has 4 heteroatoms. The maximum absolute atomic E-state index is 10.9. The highest BCUT2D eigenvalue weighted by atomic mass is 16.1. The molecule has 0 spiro atoms. The number of hydrogen-bond donors (Lipinski definition) is 1. The van der Waals surface area contributed by atoms with Gasteiger partial charge >= 0.3 is 0 Å². The standard InChI is InChI=1S/C14H19N3O/c1-9(2)14-16-12-7-11(8-15-10(3)18)5-6-13(12)17(14)4/h5-7,9H,8H2,1-4H3,(H,15,18). The molecule has 1 N–H and O–H groups in total. The minimum absolute atomic E-state index is 0.0148. The Labute approximate surface area is 107 Å². The largest absolute Gasteiger partial charge is 0.352 e. The highest BCUT2D eigenvalue weighted by Gasteiger charge is 2.11. The Balaban J connectivity index is 2.37. The summed E-state index contributed by atoms with van der Waals surface area (Å²) in [5.74, 6) is 1.47. The molecule has 0 unspecified atom stereocenters. The zero-order chi connectivity index (χ0) is 13.3. The third-order valence-corrected chi connectivity index (χ3v) is 3.04. The van der Waals surface area contributed by atoms with Gasteiger partial charge < -0.3 is 9.88 Å². The normalized spacial score (nSPS) is 11.2. The van der Waals surface area contributed by atoms with E-state index in [1.54, 1.807) is 0 Å². The second-order valence-corrected chi connectivity index (χ2v) is 4.92. The minimum Gasteiger partial charge on any atom is -0.352 e. The zero-order valence-corrected chi connectivity index (χ0v) is 11.3. The first-order valence-electron chi connectivity index (χ1n) is 6.18. The highest BCUT2D eigenvalue weighted by molar-refractivity contribution is 5.77. The number of benzene rings is 1. The van der Waals surface area contributed by atoms with Crippen LogP contribution in [0.15, 0.2) is 18.2 Å². The van der Waals surface area contributed by atoms with Gasteiger partial charge in [0.25, 0.3) is 0 Å². The quantitative estimate of drug-likeness (QED) is 0.902. The zero-order valence-electron chi connectivity index (χ0n) is 11.3. The molecule has 1 aromatic carbocycles. The van der Waals surface area contributed by atoms with Gasteiger partial charge in [-0.15, -0.1) is 0 Å². The maximum Gasteiger partial charge on any atom is 0.217 e. The number of nitrogens with one attached hydrogen (secondary N) is 1. The van der Waals surface area contributed by atoms with E-state index in [0.29, 0.717) is 12.5 Å². The number of carbonyl (C=O) groups excluding carboxylic acids is 1. The van der Waals surface area contributed by atoms with Crippen LogP contribution in [-0.2, 0) is 18.4 Å². The summed E-state index contributed by atoms with van der Waals surface area (Å²) in [6.45, 7) is 6.36. The van der Waals surface area contributed by atoms with E-state index < -0.39 is 0 Å². The molecule has 0 aliphatic heterocycles. The summed E-state index contributed by atoms with van der Waals surface area (Å²) in [6.07, 6.45) is 0. The fraction of sp³-hybridized carbons (Fsp3) is 0.429. The van der Waals surface area contributed by atoms with Crippen molar-refractivity contribution in [1.82, 2.24) is 14.9 Å². The van der Waals surface area contributed by atoms with Crippen LogP contribution >= 0.6 is 0 Å². The van der Waals surface area contributed by atoms with Crippen LogP contribution < -0.4 is 5.32 Å². The van der Waals surface area contributed by atoms with Gasteiger partial charge in [-0.2, -0.15) is 0 Å². The maximum atomic E-state index is 10.9. The van der Waals surface area contributed by atoms with Crippen LogP contribution in [-0.4, -0.2) is 15.5 Å². The van der Waals surface area contributed by atoms with Gasteiger partial charge in [0.1, 0.15) is 5.82 Å². The van der Waals surface area contributed by atoms with Crippen molar-refractivity contribution in [1.29, 1.82) is 0 Å².